The second-order valence-corrected chi connectivity index (χ2v) is 9.12. The lowest BCUT2D eigenvalue weighted by molar-refractivity contribution is 0.0503. The molecule has 6 nitrogen and oxygen atoms in total. The number of carbonyl (C=O) groups excluding carboxylic acids is 2. The Morgan fingerprint density at radius 2 is 1.96 bits per heavy atom. The summed E-state index contributed by atoms with van der Waals surface area (Å²) in [5.74, 6) is -0.148. The number of hydrogen-bond acceptors (Lipinski definition) is 5. The van der Waals surface area contributed by atoms with Gasteiger partial charge in [-0.3, -0.25) is 4.79 Å². The molecule has 3 rings (SSSR count). The number of alkyl carbamates (subject to hydrolysis) is 1. The lowest BCUT2D eigenvalue weighted by Gasteiger charge is -2.23. The molecule has 0 aromatic heterocycles. The summed E-state index contributed by atoms with van der Waals surface area (Å²) in [6, 6.07) is 2.35. The van der Waals surface area contributed by atoms with Gasteiger partial charge in [0.05, 0.1) is 16.6 Å². The predicted molar refractivity (Wildman–Crippen MR) is 104 cm³/mol. The van der Waals surface area contributed by atoms with Crippen molar-refractivity contribution in [3.8, 4) is 5.75 Å². The molecule has 1 aliphatic carbocycles. The molecule has 148 valence electrons. The van der Waals surface area contributed by atoms with E-state index in [1.807, 2.05) is 20.8 Å². The van der Waals surface area contributed by atoms with E-state index in [4.69, 9.17) is 27.9 Å². The fourth-order valence-electron chi connectivity index (χ4n) is 4.03. The first-order valence-corrected chi connectivity index (χ1v) is 9.76. The van der Waals surface area contributed by atoms with E-state index in [-0.39, 0.29) is 40.0 Å². The average Bonchev–Trinajstić information content (AvgIpc) is 3.07. The van der Waals surface area contributed by atoms with E-state index < -0.39 is 17.7 Å². The summed E-state index contributed by atoms with van der Waals surface area (Å²) in [6.07, 6.45) is 1.01. The number of aromatic hydroxyl groups is 1. The molecule has 1 heterocycles. The SMILES string of the molecule is CC(C)(C)OC(=O)N[C@H]1C[C@@H]2CN[C@H](C(=O)c3cc(Cl)cc(Cl)c3O)[C@H]2C1. The number of halogens is 2. The van der Waals surface area contributed by atoms with Crippen LogP contribution < -0.4 is 10.6 Å². The van der Waals surface area contributed by atoms with Crippen LogP contribution in [0.15, 0.2) is 12.1 Å². The lowest BCUT2D eigenvalue weighted by atomic mass is 9.89. The normalized spacial score (nSPS) is 27.3. The molecule has 1 saturated heterocycles. The van der Waals surface area contributed by atoms with Crippen LogP contribution in [0.1, 0.15) is 44.0 Å². The minimum Gasteiger partial charge on any atom is -0.506 e. The highest BCUT2D eigenvalue weighted by Gasteiger charge is 2.47. The Morgan fingerprint density at radius 1 is 1.26 bits per heavy atom. The molecule has 1 aromatic rings. The number of phenolic OH excluding ortho intramolecular Hbond substituents is 1. The van der Waals surface area contributed by atoms with Crippen LogP contribution in [0.5, 0.6) is 5.75 Å². The Balaban J connectivity index is 1.69. The smallest absolute Gasteiger partial charge is 0.407 e. The predicted octanol–water partition coefficient (Wildman–Crippen LogP) is 3.77. The van der Waals surface area contributed by atoms with Crippen molar-refractivity contribution < 1.29 is 19.4 Å². The molecular weight excluding hydrogens is 391 g/mol. The molecule has 27 heavy (non-hydrogen) atoms. The number of phenols is 1. The third-order valence-electron chi connectivity index (χ3n) is 5.07. The number of carbonyl (C=O) groups is 2. The first-order valence-electron chi connectivity index (χ1n) is 9.00. The van der Waals surface area contributed by atoms with Crippen LogP contribution in [0.25, 0.3) is 0 Å². The summed E-state index contributed by atoms with van der Waals surface area (Å²) in [7, 11) is 0. The van der Waals surface area contributed by atoms with Crippen LogP contribution in [0, 0.1) is 11.8 Å². The van der Waals surface area contributed by atoms with Crippen molar-refractivity contribution in [3.05, 3.63) is 27.7 Å². The van der Waals surface area contributed by atoms with Crippen LogP contribution in [0.4, 0.5) is 4.79 Å². The molecule has 8 heteroatoms. The van der Waals surface area contributed by atoms with Gasteiger partial charge in [-0.1, -0.05) is 23.2 Å². The standard InChI is InChI=1S/C19H24Cl2N2O4/c1-19(2,3)27-18(26)23-11-4-9-8-22-15(12(9)7-11)17(25)13-5-10(20)6-14(21)16(13)24/h5-6,9,11-12,15,22,24H,4,7-8H2,1-3H3,(H,23,26)/t9-,11+,12+,15+/m1/s1. The van der Waals surface area contributed by atoms with Crippen LogP contribution in [0.3, 0.4) is 0 Å². The third kappa shape index (κ3) is 4.50. The maximum Gasteiger partial charge on any atom is 0.407 e. The number of nitrogens with one attached hydrogen (secondary N) is 2. The fraction of sp³-hybridized carbons (Fsp3) is 0.579. The molecule has 1 saturated carbocycles. The van der Waals surface area contributed by atoms with Crippen molar-refractivity contribution in [1.82, 2.24) is 10.6 Å². The number of benzene rings is 1. The number of hydrogen-bond donors (Lipinski definition) is 3. The summed E-state index contributed by atoms with van der Waals surface area (Å²) < 4.78 is 5.31. The van der Waals surface area contributed by atoms with E-state index in [1.54, 1.807) is 0 Å². The first-order chi connectivity index (χ1) is 12.5. The Morgan fingerprint density at radius 3 is 2.63 bits per heavy atom. The molecule has 2 fully saturated rings. The summed E-state index contributed by atoms with van der Waals surface area (Å²) in [4.78, 5) is 25.0. The molecule has 4 atom stereocenters. The van der Waals surface area contributed by atoms with E-state index in [1.165, 1.54) is 12.1 Å². The zero-order valence-electron chi connectivity index (χ0n) is 15.5. The van der Waals surface area contributed by atoms with E-state index in [0.717, 1.165) is 6.42 Å². The number of fused-ring (bicyclic) bond motifs is 1. The van der Waals surface area contributed by atoms with Gasteiger partial charge in [0.25, 0.3) is 0 Å². The molecule has 0 bridgehead atoms. The fourth-order valence-corrected chi connectivity index (χ4v) is 4.52. The zero-order valence-corrected chi connectivity index (χ0v) is 17.0. The van der Waals surface area contributed by atoms with E-state index in [0.29, 0.717) is 18.0 Å². The molecule has 2 aliphatic rings. The highest BCUT2D eigenvalue weighted by atomic mass is 35.5. The second-order valence-electron chi connectivity index (χ2n) is 8.27. The third-order valence-corrected chi connectivity index (χ3v) is 5.58. The maximum atomic E-state index is 13.0. The van der Waals surface area contributed by atoms with Gasteiger partial charge in [0.2, 0.25) is 0 Å². The van der Waals surface area contributed by atoms with Crippen molar-refractivity contribution in [2.24, 2.45) is 11.8 Å². The van der Waals surface area contributed by atoms with Gasteiger partial charge in [-0.25, -0.2) is 4.79 Å². The molecular formula is C19H24Cl2N2O4. The highest BCUT2D eigenvalue weighted by molar-refractivity contribution is 6.36. The quantitative estimate of drug-likeness (QED) is 0.655. The number of ether oxygens (including phenoxy) is 1. The van der Waals surface area contributed by atoms with E-state index in [2.05, 4.69) is 10.6 Å². The lowest BCUT2D eigenvalue weighted by Crippen LogP contribution is -2.41. The molecule has 1 aliphatic heterocycles. The number of Topliss-reactive ketones (excluding diaryl/α,β-unsaturated/α-hetero) is 1. The largest absolute Gasteiger partial charge is 0.506 e. The Bertz CT molecular complexity index is 763. The molecule has 0 spiro atoms. The van der Waals surface area contributed by atoms with Crippen molar-refractivity contribution in [2.45, 2.75) is 51.3 Å². The van der Waals surface area contributed by atoms with Crippen molar-refractivity contribution in [1.29, 1.82) is 0 Å². The molecule has 1 amide bonds. The zero-order chi connectivity index (χ0) is 19.9. The number of ketones is 1. The second kappa shape index (κ2) is 7.49. The number of amides is 1. The Hall–Kier alpha value is -1.50. The number of rotatable bonds is 3. The minimum atomic E-state index is -0.554. The van der Waals surface area contributed by atoms with Crippen molar-refractivity contribution in [3.63, 3.8) is 0 Å². The molecule has 0 radical (unpaired) electrons. The van der Waals surface area contributed by atoms with Gasteiger partial charge >= 0.3 is 6.09 Å². The molecule has 3 N–H and O–H groups in total. The van der Waals surface area contributed by atoms with Crippen LogP contribution >= 0.6 is 23.2 Å². The van der Waals surface area contributed by atoms with E-state index in [9.17, 15) is 14.7 Å². The average molecular weight is 415 g/mol. The van der Waals surface area contributed by atoms with Gasteiger partial charge < -0.3 is 20.5 Å². The highest BCUT2D eigenvalue weighted by Crippen LogP contribution is 2.41. The Labute approximate surface area is 168 Å². The van der Waals surface area contributed by atoms with Crippen LogP contribution in [0.2, 0.25) is 10.0 Å². The topological polar surface area (TPSA) is 87.7 Å². The molecule has 1 aromatic carbocycles. The van der Waals surface area contributed by atoms with Gasteiger partial charge in [0.1, 0.15) is 11.4 Å². The monoisotopic (exact) mass is 414 g/mol. The van der Waals surface area contributed by atoms with E-state index >= 15 is 0 Å². The van der Waals surface area contributed by atoms with Gasteiger partial charge in [-0.05, 0) is 64.1 Å². The summed E-state index contributed by atoms with van der Waals surface area (Å²) in [5.41, 5.74) is -0.434. The van der Waals surface area contributed by atoms with Gasteiger partial charge in [0, 0.05) is 11.1 Å². The van der Waals surface area contributed by atoms with Gasteiger partial charge in [0.15, 0.2) is 5.78 Å². The minimum absolute atomic E-state index is 0.0382. The van der Waals surface area contributed by atoms with Crippen molar-refractivity contribution in [2.75, 3.05) is 6.54 Å². The summed E-state index contributed by atoms with van der Waals surface area (Å²) >= 11 is 11.9. The summed E-state index contributed by atoms with van der Waals surface area (Å²) in [5, 5.41) is 16.7. The van der Waals surface area contributed by atoms with Crippen LogP contribution in [-0.4, -0.2) is 41.2 Å². The molecule has 0 unspecified atom stereocenters. The van der Waals surface area contributed by atoms with Crippen molar-refractivity contribution >= 4 is 35.1 Å². The van der Waals surface area contributed by atoms with Crippen LogP contribution in [-0.2, 0) is 4.74 Å². The van der Waals surface area contributed by atoms with Gasteiger partial charge in [-0.2, -0.15) is 0 Å². The summed E-state index contributed by atoms with van der Waals surface area (Å²) in [6.45, 7) is 6.13. The first kappa shape index (κ1) is 20.2. The Kier molecular flexibility index (Phi) is 5.62. The van der Waals surface area contributed by atoms with Gasteiger partial charge in [-0.15, -0.1) is 0 Å². The maximum absolute atomic E-state index is 13.0.